The largest absolute Gasteiger partial charge is 0.311 e. The number of hydrogen-bond donors (Lipinski definition) is 1. The van der Waals surface area contributed by atoms with Crippen LogP contribution in [-0.4, -0.2) is 36.6 Å². The van der Waals surface area contributed by atoms with Gasteiger partial charge < -0.3 is 5.32 Å². The molecule has 1 fully saturated rings. The second-order valence-corrected chi connectivity index (χ2v) is 4.96. The molecule has 1 saturated heterocycles. The molecule has 0 aromatic heterocycles. The Balaban J connectivity index is 2.14. The standard InChI is InChI=1S/C14H26N2/c1-4-6-7-13(3)15-14-8-11-16(10-5-2)12-9-14/h2,13-15H,4,6-12H2,1,3H3. The molecule has 1 unspecified atom stereocenters. The fraction of sp³-hybridized carbons (Fsp3) is 0.857. The molecule has 1 atom stereocenters. The first kappa shape index (κ1) is 13.5. The Labute approximate surface area is 101 Å². The minimum absolute atomic E-state index is 0.670. The number of nitrogens with zero attached hydrogens (tertiary/aromatic N) is 1. The molecule has 16 heavy (non-hydrogen) atoms. The summed E-state index contributed by atoms with van der Waals surface area (Å²) < 4.78 is 0. The van der Waals surface area contributed by atoms with Gasteiger partial charge in [-0.05, 0) is 26.2 Å². The van der Waals surface area contributed by atoms with Crippen LogP contribution < -0.4 is 5.32 Å². The maximum Gasteiger partial charge on any atom is 0.0598 e. The van der Waals surface area contributed by atoms with E-state index in [2.05, 4.69) is 30.0 Å². The Morgan fingerprint density at radius 1 is 1.44 bits per heavy atom. The minimum atomic E-state index is 0.670. The molecule has 0 bridgehead atoms. The van der Waals surface area contributed by atoms with Gasteiger partial charge in [-0.1, -0.05) is 25.7 Å². The molecule has 0 spiro atoms. The topological polar surface area (TPSA) is 15.3 Å². The molecule has 92 valence electrons. The number of hydrogen-bond acceptors (Lipinski definition) is 2. The lowest BCUT2D eigenvalue weighted by Gasteiger charge is -2.32. The fourth-order valence-electron chi connectivity index (χ4n) is 2.38. The first-order valence-corrected chi connectivity index (χ1v) is 6.68. The molecule has 2 heteroatoms. The summed E-state index contributed by atoms with van der Waals surface area (Å²) in [6, 6.07) is 1.38. The van der Waals surface area contributed by atoms with E-state index in [0.29, 0.717) is 12.1 Å². The summed E-state index contributed by atoms with van der Waals surface area (Å²) in [5, 5.41) is 3.74. The van der Waals surface area contributed by atoms with Crippen LogP contribution in [0.3, 0.4) is 0 Å². The lowest BCUT2D eigenvalue weighted by Crippen LogP contribution is -2.45. The van der Waals surface area contributed by atoms with E-state index in [1.807, 2.05) is 0 Å². The van der Waals surface area contributed by atoms with Crippen molar-refractivity contribution in [1.82, 2.24) is 10.2 Å². The molecule has 1 N–H and O–H groups in total. The van der Waals surface area contributed by atoms with E-state index in [1.165, 1.54) is 32.1 Å². The van der Waals surface area contributed by atoms with Crippen molar-refractivity contribution in [2.45, 2.75) is 58.0 Å². The monoisotopic (exact) mass is 222 g/mol. The molecule has 0 saturated carbocycles. The number of unbranched alkanes of at least 4 members (excludes halogenated alkanes) is 1. The van der Waals surface area contributed by atoms with Crippen molar-refractivity contribution in [2.24, 2.45) is 0 Å². The summed E-state index contributed by atoms with van der Waals surface area (Å²) in [4.78, 5) is 2.37. The summed E-state index contributed by atoms with van der Waals surface area (Å²) in [5.74, 6) is 2.73. The number of rotatable bonds is 6. The van der Waals surface area contributed by atoms with E-state index in [9.17, 15) is 0 Å². The molecule has 0 aliphatic carbocycles. The zero-order valence-electron chi connectivity index (χ0n) is 10.8. The van der Waals surface area contributed by atoms with Gasteiger partial charge in [-0.25, -0.2) is 0 Å². The molecule has 0 aromatic rings. The minimum Gasteiger partial charge on any atom is -0.311 e. The van der Waals surface area contributed by atoms with Gasteiger partial charge in [-0.15, -0.1) is 6.42 Å². The van der Waals surface area contributed by atoms with Crippen molar-refractivity contribution in [3.8, 4) is 12.3 Å². The van der Waals surface area contributed by atoms with Crippen LogP contribution in [-0.2, 0) is 0 Å². The van der Waals surface area contributed by atoms with Gasteiger partial charge >= 0.3 is 0 Å². The third kappa shape index (κ3) is 5.01. The van der Waals surface area contributed by atoms with Gasteiger partial charge in [0.25, 0.3) is 0 Å². The predicted molar refractivity (Wildman–Crippen MR) is 70.4 cm³/mol. The van der Waals surface area contributed by atoms with E-state index in [4.69, 9.17) is 6.42 Å². The van der Waals surface area contributed by atoms with Crippen LogP contribution in [0.15, 0.2) is 0 Å². The summed E-state index contributed by atoms with van der Waals surface area (Å²) in [6.07, 6.45) is 11.8. The van der Waals surface area contributed by atoms with Crippen LogP contribution in [0.1, 0.15) is 46.0 Å². The molecule has 0 radical (unpaired) electrons. The SMILES string of the molecule is C#CCN1CCC(NC(C)CCCC)CC1. The first-order chi connectivity index (χ1) is 7.76. The second kappa shape index (κ2) is 7.70. The zero-order valence-corrected chi connectivity index (χ0v) is 10.8. The van der Waals surface area contributed by atoms with Crippen LogP contribution in [0, 0.1) is 12.3 Å². The quantitative estimate of drug-likeness (QED) is 0.694. The van der Waals surface area contributed by atoms with Crippen molar-refractivity contribution < 1.29 is 0 Å². The predicted octanol–water partition coefficient (Wildman–Crippen LogP) is 2.25. The third-order valence-corrected chi connectivity index (χ3v) is 3.41. The summed E-state index contributed by atoms with van der Waals surface area (Å²) >= 11 is 0. The van der Waals surface area contributed by atoms with Crippen molar-refractivity contribution in [2.75, 3.05) is 19.6 Å². The highest BCUT2D eigenvalue weighted by Crippen LogP contribution is 2.11. The van der Waals surface area contributed by atoms with Crippen molar-refractivity contribution in [3.05, 3.63) is 0 Å². The molecule has 1 heterocycles. The van der Waals surface area contributed by atoms with Crippen molar-refractivity contribution in [3.63, 3.8) is 0 Å². The van der Waals surface area contributed by atoms with Crippen LogP contribution in [0.4, 0.5) is 0 Å². The van der Waals surface area contributed by atoms with Gasteiger partial charge in [0, 0.05) is 25.2 Å². The van der Waals surface area contributed by atoms with Crippen LogP contribution in [0.2, 0.25) is 0 Å². The Hall–Kier alpha value is -0.520. The van der Waals surface area contributed by atoms with Gasteiger partial charge in [-0.2, -0.15) is 0 Å². The first-order valence-electron chi connectivity index (χ1n) is 6.68. The third-order valence-electron chi connectivity index (χ3n) is 3.41. The maximum absolute atomic E-state index is 5.32. The lowest BCUT2D eigenvalue weighted by atomic mass is 10.0. The second-order valence-electron chi connectivity index (χ2n) is 4.96. The van der Waals surface area contributed by atoms with E-state index in [0.717, 1.165) is 19.6 Å². The summed E-state index contributed by atoms with van der Waals surface area (Å²) in [6.45, 7) is 7.69. The van der Waals surface area contributed by atoms with Gasteiger partial charge in [0.05, 0.1) is 6.54 Å². The van der Waals surface area contributed by atoms with E-state index in [1.54, 1.807) is 0 Å². The van der Waals surface area contributed by atoms with E-state index < -0.39 is 0 Å². The molecule has 0 amide bonds. The highest BCUT2D eigenvalue weighted by molar-refractivity contribution is 4.90. The smallest absolute Gasteiger partial charge is 0.0598 e. The molecule has 1 aliphatic rings. The van der Waals surface area contributed by atoms with Crippen molar-refractivity contribution in [1.29, 1.82) is 0 Å². The average Bonchev–Trinajstić information content (AvgIpc) is 2.29. The van der Waals surface area contributed by atoms with E-state index >= 15 is 0 Å². The lowest BCUT2D eigenvalue weighted by molar-refractivity contribution is 0.209. The average molecular weight is 222 g/mol. The Bertz CT molecular complexity index is 211. The Morgan fingerprint density at radius 3 is 2.69 bits per heavy atom. The Morgan fingerprint density at radius 2 is 2.12 bits per heavy atom. The molecule has 1 rings (SSSR count). The molecule has 2 nitrogen and oxygen atoms in total. The fourth-order valence-corrected chi connectivity index (χ4v) is 2.38. The number of piperidine rings is 1. The van der Waals surface area contributed by atoms with Gasteiger partial charge in [0.15, 0.2) is 0 Å². The van der Waals surface area contributed by atoms with Gasteiger partial charge in [-0.3, -0.25) is 4.90 Å². The van der Waals surface area contributed by atoms with E-state index in [-0.39, 0.29) is 0 Å². The number of nitrogens with one attached hydrogen (secondary N) is 1. The maximum atomic E-state index is 5.32. The molecular formula is C14H26N2. The molecule has 0 aromatic carbocycles. The number of terminal acetylenes is 1. The summed E-state index contributed by atoms with van der Waals surface area (Å²) in [7, 11) is 0. The van der Waals surface area contributed by atoms with Crippen LogP contribution in [0.5, 0.6) is 0 Å². The highest BCUT2D eigenvalue weighted by Gasteiger charge is 2.19. The summed E-state index contributed by atoms with van der Waals surface area (Å²) in [5.41, 5.74) is 0. The molecule has 1 aliphatic heterocycles. The van der Waals surface area contributed by atoms with Gasteiger partial charge in [0.1, 0.15) is 0 Å². The zero-order chi connectivity index (χ0) is 11.8. The van der Waals surface area contributed by atoms with Crippen LogP contribution >= 0.6 is 0 Å². The Kier molecular flexibility index (Phi) is 6.52. The number of likely N-dealkylation sites (tertiary alicyclic amines) is 1. The van der Waals surface area contributed by atoms with Gasteiger partial charge in [0.2, 0.25) is 0 Å². The van der Waals surface area contributed by atoms with Crippen molar-refractivity contribution >= 4 is 0 Å². The highest BCUT2D eigenvalue weighted by atomic mass is 15.1. The van der Waals surface area contributed by atoms with Crippen LogP contribution in [0.25, 0.3) is 0 Å². The normalized spacial score (nSPS) is 20.6. The molecular weight excluding hydrogens is 196 g/mol.